The SMILES string of the molecule is CC1(C)CSCC(CN)(N2CCN3CCCCC3C2)C1. The number of nitrogens with zero attached hydrogens (tertiary/aromatic N) is 2. The number of fused-ring (bicyclic) bond motifs is 1. The number of thioether (sulfide) groups is 1. The molecule has 2 unspecified atom stereocenters. The molecule has 0 saturated carbocycles. The Morgan fingerprint density at radius 1 is 1.15 bits per heavy atom. The topological polar surface area (TPSA) is 32.5 Å². The lowest BCUT2D eigenvalue weighted by Gasteiger charge is -2.55. The molecule has 3 nitrogen and oxygen atoms in total. The fraction of sp³-hybridized carbons (Fsp3) is 1.00. The van der Waals surface area contributed by atoms with Gasteiger partial charge in [0, 0.05) is 43.5 Å². The van der Waals surface area contributed by atoms with Crippen LogP contribution in [0.1, 0.15) is 39.5 Å². The van der Waals surface area contributed by atoms with E-state index in [0.29, 0.717) is 5.41 Å². The van der Waals surface area contributed by atoms with Gasteiger partial charge in [0.25, 0.3) is 0 Å². The predicted molar refractivity (Wildman–Crippen MR) is 88.3 cm³/mol. The molecule has 3 aliphatic heterocycles. The zero-order valence-corrected chi connectivity index (χ0v) is 14.1. The number of hydrogen-bond acceptors (Lipinski definition) is 4. The Balaban J connectivity index is 1.72. The van der Waals surface area contributed by atoms with Gasteiger partial charge >= 0.3 is 0 Å². The van der Waals surface area contributed by atoms with Crippen molar-refractivity contribution in [2.45, 2.75) is 51.1 Å². The van der Waals surface area contributed by atoms with Crippen LogP contribution in [0.2, 0.25) is 0 Å². The van der Waals surface area contributed by atoms with Gasteiger partial charge in [0.15, 0.2) is 0 Å². The molecule has 0 spiro atoms. The van der Waals surface area contributed by atoms with Gasteiger partial charge in [-0.2, -0.15) is 11.8 Å². The molecule has 3 fully saturated rings. The summed E-state index contributed by atoms with van der Waals surface area (Å²) in [5.74, 6) is 2.53. The molecule has 3 heterocycles. The van der Waals surface area contributed by atoms with Gasteiger partial charge in [-0.3, -0.25) is 9.80 Å². The highest BCUT2D eigenvalue weighted by Crippen LogP contribution is 2.42. The molecule has 0 aliphatic carbocycles. The highest BCUT2D eigenvalue weighted by Gasteiger charge is 2.46. The van der Waals surface area contributed by atoms with Crippen molar-refractivity contribution in [3.05, 3.63) is 0 Å². The zero-order valence-electron chi connectivity index (χ0n) is 13.2. The van der Waals surface area contributed by atoms with E-state index >= 15 is 0 Å². The van der Waals surface area contributed by atoms with Crippen molar-refractivity contribution < 1.29 is 0 Å². The summed E-state index contributed by atoms with van der Waals surface area (Å²) in [7, 11) is 0. The number of nitrogens with two attached hydrogens (primary N) is 1. The summed E-state index contributed by atoms with van der Waals surface area (Å²) in [6, 6.07) is 0.802. The average Bonchev–Trinajstić information content (AvgIpc) is 2.45. The minimum atomic E-state index is 0.260. The fourth-order valence-electron chi connectivity index (χ4n) is 4.56. The lowest BCUT2D eigenvalue weighted by atomic mass is 9.78. The van der Waals surface area contributed by atoms with Crippen molar-refractivity contribution in [3.8, 4) is 0 Å². The van der Waals surface area contributed by atoms with Crippen LogP contribution in [0.4, 0.5) is 0 Å². The number of piperidine rings is 1. The maximum atomic E-state index is 6.29. The third kappa shape index (κ3) is 2.90. The van der Waals surface area contributed by atoms with Gasteiger partial charge in [-0.05, 0) is 37.0 Å². The van der Waals surface area contributed by atoms with E-state index in [9.17, 15) is 0 Å². The second kappa shape index (κ2) is 5.79. The molecule has 0 radical (unpaired) electrons. The first-order chi connectivity index (χ1) is 9.55. The van der Waals surface area contributed by atoms with E-state index in [1.165, 1.54) is 63.4 Å². The Hall–Kier alpha value is 0.230. The van der Waals surface area contributed by atoms with Crippen LogP contribution in [-0.4, -0.2) is 65.6 Å². The normalized spacial score (nSPS) is 39.5. The summed E-state index contributed by atoms with van der Waals surface area (Å²) in [6.07, 6.45) is 5.50. The van der Waals surface area contributed by atoms with Crippen molar-refractivity contribution in [2.24, 2.45) is 11.1 Å². The Morgan fingerprint density at radius 2 is 2.00 bits per heavy atom. The zero-order chi connectivity index (χ0) is 14.2. The van der Waals surface area contributed by atoms with E-state index in [-0.39, 0.29) is 5.54 Å². The number of hydrogen-bond donors (Lipinski definition) is 1. The Labute approximate surface area is 128 Å². The lowest BCUT2D eigenvalue weighted by molar-refractivity contribution is -0.0184. The van der Waals surface area contributed by atoms with Crippen molar-refractivity contribution in [1.29, 1.82) is 0 Å². The van der Waals surface area contributed by atoms with Crippen molar-refractivity contribution in [1.82, 2.24) is 9.80 Å². The molecule has 3 saturated heterocycles. The maximum Gasteiger partial charge on any atom is 0.0428 e. The van der Waals surface area contributed by atoms with Crippen LogP contribution in [-0.2, 0) is 0 Å². The van der Waals surface area contributed by atoms with Crippen LogP contribution in [0.3, 0.4) is 0 Å². The van der Waals surface area contributed by atoms with Crippen molar-refractivity contribution in [2.75, 3.05) is 44.2 Å². The van der Waals surface area contributed by atoms with E-state index in [1.54, 1.807) is 0 Å². The summed E-state index contributed by atoms with van der Waals surface area (Å²) in [4.78, 5) is 5.50. The minimum Gasteiger partial charge on any atom is -0.329 e. The molecule has 2 atom stereocenters. The summed E-state index contributed by atoms with van der Waals surface area (Å²) >= 11 is 2.12. The monoisotopic (exact) mass is 297 g/mol. The fourth-order valence-corrected chi connectivity index (χ4v) is 6.10. The highest BCUT2D eigenvalue weighted by atomic mass is 32.2. The van der Waals surface area contributed by atoms with Gasteiger partial charge in [-0.25, -0.2) is 0 Å². The molecule has 0 aromatic rings. The van der Waals surface area contributed by atoms with E-state index in [0.717, 1.165) is 12.6 Å². The Morgan fingerprint density at radius 3 is 2.75 bits per heavy atom. The van der Waals surface area contributed by atoms with E-state index in [2.05, 4.69) is 35.4 Å². The van der Waals surface area contributed by atoms with Crippen LogP contribution in [0, 0.1) is 5.41 Å². The van der Waals surface area contributed by atoms with E-state index in [1.807, 2.05) is 0 Å². The van der Waals surface area contributed by atoms with Gasteiger partial charge in [0.1, 0.15) is 0 Å². The molecular weight excluding hydrogens is 266 g/mol. The van der Waals surface area contributed by atoms with Gasteiger partial charge < -0.3 is 5.73 Å². The van der Waals surface area contributed by atoms with Gasteiger partial charge in [-0.15, -0.1) is 0 Å². The molecule has 0 bridgehead atoms. The molecule has 3 rings (SSSR count). The summed E-state index contributed by atoms with van der Waals surface area (Å²) in [5.41, 5.74) is 6.99. The second-order valence-corrected chi connectivity index (χ2v) is 8.88. The predicted octanol–water partition coefficient (Wildman–Crippen LogP) is 2.02. The molecule has 0 aromatic carbocycles. The quantitative estimate of drug-likeness (QED) is 0.845. The molecular formula is C16H31N3S. The number of piperazine rings is 1. The minimum absolute atomic E-state index is 0.260. The first-order valence-corrected chi connectivity index (χ1v) is 9.47. The second-order valence-electron chi connectivity index (χ2n) is 7.89. The van der Waals surface area contributed by atoms with Crippen molar-refractivity contribution in [3.63, 3.8) is 0 Å². The first-order valence-electron chi connectivity index (χ1n) is 8.32. The maximum absolute atomic E-state index is 6.29. The third-order valence-corrected chi connectivity index (χ3v) is 7.29. The van der Waals surface area contributed by atoms with Gasteiger partial charge in [-0.1, -0.05) is 20.3 Å². The standard InChI is InChI=1S/C16H31N3S/c1-15(2)10-16(11-17,13-20-12-15)19-8-7-18-6-4-3-5-14(18)9-19/h14H,3-13,17H2,1-2H3. The van der Waals surface area contributed by atoms with Gasteiger partial charge in [0.2, 0.25) is 0 Å². The Bertz CT molecular complexity index is 347. The van der Waals surface area contributed by atoms with Crippen LogP contribution in [0.5, 0.6) is 0 Å². The smallest absolute Gasteiger partial charge is 0.0428 e. The lowest BCUT2D eigenvalue weighted by Crippen LogP contribution is -2.66. The molecule has 116 valence electrons. The summed E-state index contributed by atoms with van der Waals surface area (Å²) < 4.78 is 0. The largest absolute Gasteiger partial charge is 0.329 e. The van der Waals surface area contributed by atoms with Crippen LogP contribution < -0.4 is 5.73 Å². The van der Waals surface area contributed by atoms with Crippen molar-refractivity contribution >= 4 is 11.8 Å². The molecule has 4 heteroatoms. The molecule has 20 heavy (non-hydrogen) atoms. The molecule has 3 aliphatic rings. The third-order valence-electron chi connectivity index (χ3n) is 5.56. The number of rotatable bonds is 2. The molecule has 0 amide bonds. The summed E-state index contributed by atoms with van der Waals surface area (Å²) in [5, 5.41) is 0. The van der Waals surface area contributed by atoms with E-state index < -0.39 is 0 Å². The first kappa shape index (κ1) is 15.1. The van der Waals surface area contributed by atoms with E-state index in [4.69, 9.17) is 5.73 Å². The van der Waals surface area contributed by atoms with Gasteiger partial charge in [0.05, 0.1) is 0 Å². The molecule has 0 aromatic heterocycles. The van der Waals surface area contributed by atoms with Crippen LogP contribution >= 0.6 is 11.8 Å². The Kier molecular flexibility index (Phi) is 4.38. The summed E-state index contributed by atoms with van der Waals surface area (Å²) in [6.45, 7) is 10.7. The molecule has 2 N–H and O–H groups in total. The highest BCUT2D eigenvalue weighted by molar-refractivity contribution is 7.99. The van der Waals surface area contributed by atoms with Crippen LogP contribution in [0.25, 0.3) is 0 Å². The van der Waals surface area contributed by atoms with Crippen LogP contribution in [0.15, 0.2) is 0 Å². The average molecular weight is 298 g/mol.